The first-order valence-electron chi connectivity index (χ1n) is 8.23. The van der Waals surface area contributed by atoms with Gasteiger partial charge in [0.25, 0.3) is 0 Å². The first kappa shape index (κ1) is 16.1. The van der Waals surface area contributed by atoms with Crippen molar-refractivity contribution in [3.8, 4) is 0 Å². The van der Waals surface area contributed by atoms with E-state index in [-0.39, 0.29) is 5.41 Å². The van der Waals surface area contributed by atoms with Crippen molar-refractivity contribution in [3.63, 3.8) is 0 Å². The van der Waals surface area contributed by atoms with Gasteiger partial charge in [-0.05, 0) is 41.7 Å². The molecule has 21 heavy (non-hydrogen) atoms. The lowest BCUT2D eigenvalue weighted by molar-refractivity contribution is -0.132. The Kier molecular flexibility index (Phi) is 5.08. The maximum atomic E-state index is 12.3. The topological polar surface area (TPSA) is 20.3 Å². The van der Waals surface area contributed by atoms with Gasteiger partial charge < -0.3 is 4.90 Å². The average molecular weight is 287 g/mol. The summed E-state index contributed by atoms with van der Waals surface area (Å²) in [5.41, 5.74) is 2.81. The third-order valence-corrected chi connectivity index (χ3v) is 4.46. The highest BCUT2D eigenvalue weighted by Crippen LogP contribution is 2.23. The standard InChI is InChI=1S/C19H29NO/c1-15-6-5-13-20(14-15)18(21)12-9-16-7-10-17(11-8-16)19(2,3)4/h7-8,10-11,15H,5-6,9,12-14H2,1-4H3. The first-order chi connectivity index (χ1) is 9.86. The summed E-state index contributed by atoms with van der Waals surface area (Å²) in [5.74, 6) is 0.982. The highest BCUT2D eigenvalue weighted by atomic mass is 16.2. The van der Waals surface area contributed by atoms with Crippen molar-refractivity contribution < 1.29 is 4.79 Å². The number of hydrogen-bond acceptors (Lipinski definition) is 1. The highest BCUT2D eigenvalue weighted by Gasteiger charge is 2.20. The number of likely N-dealkylation sites (tertiary alicyclic amines) is 1. The lowest BCUT2D eigenvalue weighted by Gasteiger charge is -2.31. The quantitative estimate of drug-likeness (QED) is 0.817. The molecule has 0 spiro atoms. The summed E-state index contributed by atoms with van der Waals surface area (Å²) in [6, 6.07) is 8.74. The molecule has 0 aliphatic carbocycles. The summed E-state index contributed by atoms with van der Waals surface area (Å²) in [5, 5.41) is 0. The van der Waals surface area contributed by atoms with Gasteiger partial charge in [-0.25, -0.2) is 0 Å². The molecule has 1 unspecified atom stereocenters. The normalized spacial score (nSPS) is 19.6. The minimum atomic E-state index is 0.193. The van der Waals surface area contributed by atoms with Gasteiger partial charge in [-0.2, -0.15) is 0 Å². The molecule has 1 saturated heterocycles. The van der Waals surface area contributed by atoms with Gasteiger partial charge in [0.2, 0.25) is 5.91 Å². The van der Waals surface area contributed by atoms with Crippen molar-refractivity contribution in [1.82, 2.24) is 4.90 Å². The van der Waals surface area contributed by atoms with E-state index in [1.54, 1.807) is 0 Å². The first-order valence-corrected chi connectivity index (χ1v) is 8.23. The zero-order chi connectivity index (χ0) is 15.5. The fourth-order valence-electron chi connectivity index (χ4n) is 3.00. The van der Waals surface area contributed by atoms with Crippen LogP contribution in [0.25, 0.3) is 0 Å². The second-order valence-electron chi connectivity index (χ2n) is 7.53. The van der Waals surface area contributed by atoms with Crippen LogP contribution >= 0.6 is 0 Å². The molecule has 2 nitrogen and oxygen atoms in total. The van der Waals surface area contributed by atoms with E-state index in [1.807, 2.05) is 0 Å². The predicted molar refractivity (Wildman–Crippen MR) is 88.4 cm³/mol. The minimum absolute atomic E-state index is 0.193. The van der Waals surface area contributed by atoms with E-state index in [4.69, 9.17) is 0 Å². The molecular formula is C19H29NO. The van der Waals surface area contributed by atoms with Crippen molar-refractivity contribution >= 4 is 5.91 Å². The molecule has 0 bridgehead atoms. The molecule has 1 aliphatic rings. The van der Waals surface area contributed by atoms with E-state index in [0.29, 0.717) is 18.2 Å². The number of carbonyl (C=O) groups excluding carboxylic acids is 1. The van der Waals surface area contributed by atoms with Crippen LogP contribution in [0.15, 0.2) is 24.3 Å². The molecule has 1 aromatic rings. The van der Waals surface area contributed by atoms with Crippen molar-refractivity contribution in [3.05, 3.63) is 35.4 Å². The van der Waals surface area contributed by atoms with Crippen LogP contribution in [0.2, 0.25) is 0 Å². The SMILES string of the molecule is CC1CCCN(C(=O)CCc2ccc(C(C)(C)C)cc2)C1. The summed E-state index contributed by atoms with van der Waals surface area (Å²) in [6.07, 6.45) is 3.92. The van der Waals surface area contributed by atoms with Gasteiger partial charge in [0.1, 0.15) is 0 Å². The van der Waals surface area contributed by atoms with Crippen LogP contribution in [0.5, 0.6) is 0 Å². The van der Waals surface area contributed by atoms with E-state index in [1.165, 1.54) is 17.5 Å². The number of amides is 1. The van der Waals surface area contributed by atoms with Crippen molar-refractivity contribution in [2.24, 2.45) is 5.92 Å². The Bertz CT molecular complexity index is 469. The van der Waals surface area contributed by atoms with Gasteiger partial charge in [-0.3, -0.25) is 4.79 Å². The van der Waals surface area contributed by atoms with Gasteiger partial charge in [-0.15, -0.1) is 0 Å². The van der Waals surface area contributed by atoms with E-state index < -0.39 is 0 Å². The molecule has 2 heteroatoms. The molecule has 2 rings (SSSR count). The van der Waals surface area contributed by atoms with Crippen LogP contribution in [0.3, 0.4) is 0 Å². The van der Waals surface area contributed by atoms with E-state index in [9.17, 15) is 4.79 Å². The smallest absolute Gasteiger partial charge is 0.222 e. The fraction of sp³-hybridized carbons (Fsp3) is 0.632. The highest BCUT2D eigenvalue weighted by molar-refractivity contribution is 5.76. The van der Waals surface area contributed by atoms with Gasteiger partial charge in [0.15, 0.2) is 0 Å². The molecule has 1 aromatic carbocycles. The third-order valence-electron chi connectivity index (χ3n) is 4.46. The van der Waals surface area contributed by atoms with Crippen LogP contribution < -0.4 is 0 Å². The van der Waals surface area contributed by atoms with Crippen LogP contribution in [0, 0.1) is 5.92 Å². The predicted octanol–water partition coefficient (Wildman–Crippen LogP) is 4.18. The van der Waals surface area contributed by atoms with Gasteiger partial charge >= 0.3 is 0 Å². The monoisotopic (exact) mass is 287 g/mol. The molecule has 1 heterocycles. The van der Waals surface area contributed by atoms with E-state index >= 15 is 0 Å². The fourth-order valence-corrected chi connectivity index (χ4v) is 3.00. The van der Waals surface area contributed by atoms with E-state index in [0.717, 1.165) is 25.9 Å². The number of hydrogen-bond donors (Lipinski definition) is 0. The second kappa shape index (κ2) is 6.64. The van der Waals surface area contributed by atoms with E-state index in [2.05, 4.69) is 56.9 Å². The molecule has 1 aliphatic heterocycles. The Labute approximate surface area is 129 Å². The van der Waals surface area contributed by atoms with Crippen LogP contribution in [-0.2, 0) is 16.6 Å². The number of rotatable bonds is 3. The lowest BCUT2D eigenvalue weighted by Crippen LogP contribution is -2.39. The average Bonchev–Trinajstić information content (AvgIpc) is 2.44. The summed E-state index contributed by atoms with van der Waals surface area (Å²) < 4.78 is 0. The molecule has 0 N–H and O–H groups in total. The molecule has 1 amide bonds. The Morgan fingerprint density at radius 3 is 2.48 bits per heavy atom. The van der Waals surface area contributed by atoms with Gasteiger partial charge in [0.05, 0.1) is 0 Å². The number of benzene rings is 1. The zero-order valence-corrected chi connectivity index (χ0v) is 14.0. The number of aryl methyl sites for hydroxylation is 1. The van der Waals surface area contributed by atoms with Crippen LogP contribution in [0.1, 0.15) is 58.1 Å². The largest absolute Gasteiger partial charge is 0.342 e. The Morgan fingerprint density at radius 1 is 1.24 bits per heavy atom. The van der Waals surface area contributed by atoms with Crippen LogP contribution in [-0.4, -0.2) is 23.9 Å². The lowest BCUT2D eigenvalue weighted by atomic mass is 9.86. The van der Waals surface area contributed by atoms with Crippen molar-refractivity contribution in [2.45, 2.75) is 58.8 Å². The summed E-state index contributed by atoms with van der Waals surface area (Å²) in [6.45, 7) is 10.8. The molecule has 0 radical (unpaired) electrons. The number of piperidine rings is 1. The maximum absolute atomic E-state index is 12.3. The Hall–Kier alpha value is -1.31. The third kappa shape index (κ3) is 4.59. The summed E-state index contributed by atoms with van der Waals surface area (Å²) >= 11 is 0. The van der Waals surface area contributed by atoms with Crippen molar-refractivity contribution in [2.75, 3.05) is 13.1 Å². The molecular weight excluding hydrogens is 258 g/mol. The number of carbonyl (C=O) groups is 1. The second-order valence-corrected chi connectivity index (χ2v) is 7.53. The number of nitrogens with zero attached hydrogens (tertiary/aromatic N) is 1. The molecule has 0 aromatic heterocycles. The van der Waals surface area contributed by atoms with Gasteiger partial charge in [0, 0.05) is 19.5 Å². The molecule has 0 saturated carbocycles. The summed E-state index contributed by atoms with van der Waals surface area (Å²) in [4.78, 5) is 14.3. The Morgan fingerprint density at radius 2 is 1.90 bits per heavy atom. The van der Waals surface area contributed by atoms with Crippen LogP contribution in [0.4, 0.5) is 0 Å². The van der Waals surface area contributed by atoms with Crippen molar-refractivity contribution in [1.29, 1.82) is 0 Å². The molecule has 1 fully saturated rings. The molecule has 116 valence electrons. The Balaban J connectivity index is 1.86. The summed E-state index contributed by atoms with van der Waals surface area (Å²) in [7, 11) is 0. The minimum Gasteiger partial charge on any atom is -0.342 e. The zero-order valence-electron chi connectivity index (χ0n) is 14.0. The maximum Gasteiger partial charge on any atom is 0.222 e. The van der Waals surface area contributed by atoms with Gasteiger partial charge in [-0.1, -0.05) is 52.0 Å². The molecule has 1 atom stereocenters.